The number of morpholine rings is 1. The summed E-state index contributed by atoms with van der Waals surface area (Å²) in [7, 11) is 4.10. The zero-order valence-corrected chi connectivity index (χ0v) is 21.5. The van der Waals surface area contributed by atoms with E-state index in [4.69, 9.17) is 4.74 Å². The van der Waals surface area contributed by atoms with Gasteiger partial charge in [-0.1, -0.05) is 24.3 Å². The fraction of sp³-hybridized carbons (Fsp3) is 0.696. The molecule has 8 heteroatoms. The number of piperazine rings is 1. The molecule has 0 bridgehead atoms. The zero-order valence-electron chi connectivity index (χ0n) is 19.1. The molecule has 1 atom stereocenters. The minimum Gasteiger partial charge on any atom is -0.379 e. The van der Waals surface area contributed by atoms with Crippen LogP contribution < -0.4 is 5.32 Å². The number of hydrogen-bond acceptors (Lipinski definition) is 5. The van der Waals surface area contributed by atoms with E-state index in [0.29, 0.717) is 6.04 Å². The second-order valence-corrected chi connectivity index (χ2v) is 8.83. The van der Waals surface area contributed by atoms with E-state index in [1.807, 2.05) is 7.05 Å². The highest BCUT2D eigenvalue weighted by molar-refractivity contribution is 14.0. The monoisotopic (exact) mass is 542 g/mol. The van der Waals surface area contributed by atoms with E-state index in [1.165, 1.54) is 30.6 Å². The molecule has 1 N–H and O–H groups in total. The molecular weight excluding hydrogens is 503 g/mol. The summed E-state index contributed by atoms with van der Waals surface area (Å²) in [5.74, 6) is 1.02. The van der Waals surface area contributed by atoms with Gasteiger partial charge in [0.1, 0.15) is 0 Å². The van der Waals surface area contributed by atoms with Crippen molar-refractivity contribution in [1.29, 1.82) is 0 Å². The second-order valence-electron chi connectivity index (χ2n) is 8.83. The van der Waals surface area contributed by atoms with Crippen LogP contribution in [0.5, 0.6) is 0 Å². The lowest BCUT2D eigenvalue weighted by Crippen LogP contribution is -2.46. The van der Waals surface area contributed by atoms with E-state index in [1.54, 1.807) is 0 Å². The first-order chi connectivity index (χ1) is 14.7. The number of likely N-dealkylation sites (N-methyl/N-ethyl adjacent to an activating group) is 1. The number of ether oxygens (including phenoxy) is 1. The maximum atomic E-state index is 5.50. The zero-order chi connectivity index (χ0) is 20.8. The van der Waals surface area contributed by atoms with Gasteiger partial charge < -0.3 is 19.9 Å². The molecule has 31 heavy (non-hydrogen) atoms. The van der Waals surface area contributed by atoms with Crippen LogP contribution in [0.15, 0.2) is 29.3 Å². The van der Waals surface area contributed by atoms with Gasteiger partial charge in [-0.3, -0.25) is 14.8 Å². The van der Waals surface area contributed by atoms with Crippen LogP contribution in [-0.2, 0) is 17.8 Å². The number of aliphatic imine (C=N–C) groups is 1. The normalized spacial score (nSPS) is 24.3. The van der Waals surface area contributed by atoms with Gasteiger partial charge in [0.25, 0.3) is 0 Å². The highest BCUT2D eigenvalue weighted by Crippen LogP contribution is 2.17. The first-order valence-electron chi connectivity index (χ1n) is 11.5. The topological polar surface area (TPSA) is 46.6 Å². The van der Waals surface area contributed by atoms with Crippen molar-refractivity contribution in [2.45, 2.75) is 25.6 Å². The quantitative estimate of drug-likeness (QED) is 0.346. The highest BCUT2D eigenvalue weighted by atomic mass is 127. The van der Waals surface area contributed by atoms with E-state index in [2.05, 4.69) is 61.2 Å². The maximum Gasteiger partial charge on any atom is 0.193 e. The third-order valence-corrected chi connectivity index (χ3v) is 6.71. The van der Waals surface area contributed by atoms with Crippen molar-refractivity contribution in [1.82, 2.24) is 24.9 Å². The van der Waals surface area contributed by atoms with Gasteiger partial charge in [-0.05, 0) is 24.6 Å². The third kappa shape index (κ3) is 7.02. The molecule has 3 aliphatic rings. The van der Waals surface area contributed by atoms with E-state index in [0.717, 1.165) is 71.5 Å². The lowest BCUT2D eigenvalue weighted by Gasteiger charge is -2.32. The molecule has 0 aliphatic carbocycles. The van der Waals surface area contributed by atoms with Crippen molar-refractivity contribution in [3.8, 4) is 0 Å². The third-order valence-electron chi connectivity index (χ3n) is 6.71. The van der Waals surface area contributed by atoms with Gasteiger partial charge in [-0.2, -0.15) is 0 Å². The number of rotatable bonds is 5. The van der Waals surface area contributed by atoms with Gasteiger partial charge in [0.15, 0.2) is 5.96 Å². The van der Waals surface area contributed by atoms with Crippen molar-refractivity contribution in [2.75, 3.05) is 79.7 Å². The van der Waals surface area contributed by atoms with Crippen molar-refractivity contribution in [3.05, 3.63) is 35.4 Å². The van der Waals surface area contributed by atoms with E-state index < -0.39 is 0 Å². The van der Waals surface area contributed by atoms with Crippen LogP contribution in [0.1, 0.15) is 17.5 Å². The van der Waals surface area contributed by atoms with Crippen molar-refractivity contribution in [3.63, 3.8) is 0 Å². The summed E-state index contributed by atoms with van der Waals surface area (Å²) in [5, 5.41) is 3.57. The summed E-state index contributed by atoms with van der Waals surface area (Å²) in [6, 6.07) is 9.70. The fourth-order valence-corrected chi connectivity index (χ4v) is 4.71. The van der Waals surface area contributed by atoms with Crippen LogP contribution >= 0.6 is 24.0 Å². The van der Waals surface area contributed by atoms with Crippen LogP contribution in [0, 0.1) is 0 Å². The number of nitrogens with zero attached hydrogens (tertiary/aromatic N) is 5. The Hall–Kier alpha value is -0.940. The molecule has 4 rings (SSSR count). The van der Waals surface area contributed by atoms with Crippen molar-refractivity contribution in [2.24, 2.45) is 4.99 Å². The average Bonchev–Trinajstić information content (AvgIpc) is 3.28. The summed E-state index contributed by atoms with van der Waals surface area (Å²) in [6.07, 6.45) is 1.21. The summed E-state index contributed by atoms with van der Waals surface area (Å²) in [5.41, 5.74) is 2.71. The molecular formula is C23H39IN6O. The molecule has 1 aromatic rings. The molecule has 1 unspecified atom stereocenters. The Morgan fingerprint density at radius 3 is 2.35 bits per heavy atom. The molecule has 1 aromatic carbocycles. The molecule has 0 radical (unpaired) electrons. The number of hydrogen-bond donors (Lipinski definition) is 1. The van der Waals surface area contributed by atoms with Crippen molar-refractivity contribution < 1.29 is 4.74 Å². The lowest BCUT2D eigenvalue weighted by molar-refractivity contribution is 0.0195. The molecule has 0 saturated carbocycles. The molecule has 3 aliphatic heterocycles. The predicted molar refractivity (Wildman–Crippen MR) is 137 cm³/mol. The Balaban J connectivity index is 0.00000272. The van der Waals surface area contributed by atoms with Gasteiger partial charge in [-0.15, -0.1) is 24.0 Å². The molecule has 0 spiro atoms. The maximum absolute atomic E-state index is 5.50. The Morgan fingerprint density at radius 1 is 1.00 bits per heavy atom. The van der Waals surface area contributed by atoms with Gasteiger partial charge in [-0.25, -0.2) is 0 Å². The van der Waals surface area contributed by atoms with Crippen LogP contribution in [0.2, 0.25) is 0 Å². The smallest absolute Gasteiger partial charge is 0.193 e. The number of likely N-dealkylation sites (tertiary alicyclic amines) is 1. The number of halogens is 1. The fourth-order valence-electron chi connectivity index (χ4n) is 4.71. The first kappa shape index (κ1) is 24.7. The second kappa shape index (κ2) is 12.3. The highest BCUT2D eigenvalue weighted by Gasteiger charge is 2.30. The van der Waals surface area contributed by atoms with E-state index in [9.17, 15) is 0 Å². The summed E-state index contributed by atoms with van der Waals surface area (Å²) in [6.45, 7) is 12.5. The Bertz CT molecular complexity index is 686. The minimum absolute atomic E-state index is 0. The Kier molecular flexibility index (Phi) is 9.83. The molecule has 3 fully saturated rings. The van der Waals surface area contributed by atoms with Crippen LogP contribution in [-0.4, -0.2) is 111 Å². The number of benzene rings is 1. The molecule has 174 valence electrons. The Morgan fingerprint density at radius 2 is 1.68 bits per heavy atom. The molecule has 3 heterocycles. The summed E-state index contributed by atoms with van der Waals surface area (Å²) in [4.78, 5) is 14.5. The minimum atomic E-state index is 0. The standard InChI is InChI=1S/C23H38N6O.HI/c1-24-23(29-8-7-22(19-29)28-13-15-30-16-14-28)25-17-20-3-5-21(6-4-20)18-27-11-9-26(2)10-12-27;/h3-6,22H,7-19H2,1-2H3,(H,24,25);1H. The van der Waals surface area contributed by atoms with Crippen LogP contribution in [0.3, 0.4) is 0 Å². The summed E-state index contributed by atoms with van der Waals surface area (Å²) >= 11 is 0. The molecule has 0 amide bonds. The number of guanidine groups is 1. The SMILES string of the molecule is CN=C(NCc1ccc(CN2CCN(C)CC2)cc1)N1CCC(N2CCOCC2)C1.I. The van der Waals surface area contributed by atoms with Gasteiger partial charge in [0.05, 0.1) is 13.2 Å². The predicted octanol–water partition coefficient (Wildman–Crippen LogP) is 1.53. The Labute approximate surface area is 204 Å². The van der Waals surface area contributed by atoms with E-state index >= 15 is 0 Å². The average molecular weight is 543 g/mol. The first-order valence-corrected chi connectivity index (χ1v) is 11.5. The molecule has 3 saturated heterocycles. The van der Waals surface area contributed by atoms with E-state index in [-0.39, 0.29) is 24.0 Å². The molecule has 7 nitrogen and oxygen atoms in total. The van der Waals surface area contributed by atoms with Gasteiger partial charge >= 0.3 is 0 Å². The number of nitrogens with one attached hydrogen (secondary N) is 1. The van der Waals surface area contributed by atoms with Gasteiger partial charge in [0, 0.05) is 78.5 Å². The lowest BCUT2D eigenvalue weighted by atomic mass is 10.1. The van der Waals surface area contributed by atoms with Crippen molar-refractivity contribution >= 4 is 29.9 Å². The molecule has 0 aromatic heterocycles. The van der Waals surface area contributed by atoms with Crippen LogP contribution in [0.4, 0.5) is 0 Å². The summed E-state index contributed by atoms with van der Waals surface area (Å²) < 4.78 is 5.50. The largest absolute Gasteiger partial charge is 0.379 e. The van der Waals surface area contributed by atoms with Gasteiger partial charge in [0.2, 0.25) is 0 Å². The van der Waals surface area contributed by atoms with Crippen LogP contribution in [0.25, 0.3) is 0 Å².